The van der Waals surface area contributed by atoms with E-state index >= 15 is 0 Å². The second kappa shape index (κ2) is 6.15. The zero-order chi connectivity index (χ0) is 17.6. The summed E-state index contributed by atoms with van der Waals surface area (Å²) in [7, 11) is 0. The van der Waals surface area contributed by atoms with Crippen LogP contribution in [-0.4, -0.2) is 16.0 Å². The Morgan fingerprint density at radius 2 is 2.12 bits per heavy atom. The van der Waals surface area contributed by atoms with Crippen LogP contribution in [0.4, 0.5) is 0 Å². The Hall–Kier alpha value is -2.40. The van der Waals surface area contributed by atoms with Gasteiger partial charge >= 0.3 is 0 Å². The highest BCUT2D eigenvalue weighted by Crippen LogP contribution is 2.40. The molecule has 0 spiro atoms. The van der Waals surface area contributed by atoms with Gasteiger partial charge in [0.25, 0.3) is 11.6 Å². The molecule has 6 heteroatoms. The van der Waals surface area contributed by atoms with Gasteiger partial charge in [-0.25, -0.2) is 4.98 Å². The van der Waals surface area contributed by atoms with Gasteiger partial charge in [-0.1, -0.05) is 35.0 Å². The van der Waals surface area contributed by atoms with Crippen LogP contribution in [0.5, 0.6) is 0 Å². The summed E-state index contributed by atoms with van der Waals surface area (Å²) in [5.41, 5.74) is 3.44. The predicted octanol–water partition coefficient (Wildman–Crippen LogP) is 4.55. The molecule has 3 aromatic rings. The predicted molar refractivity (Wildman–Crippen MR) is 95.8 cm³/mol. The van der Waals surface area contributed by atoms with E-state index in [2.05, 4.69) is 15.5 Å². The average molecular weight is 356 g/mol. The summed E-state index contributed by atoms with van der Waals surface area (Å²) < 4.78 is 5.30. The van der Waals surface area contributed by atoms with Crippen LogP contribution >= 0.6 is 11.6 Å². The lowest BCUT2D eigenvalue weighted by Crippen LogP contribution is -2.27. The van der Waals surface area contributed by atoms with E-state index in [1.807, 2.05) is 44.2 Å². The molecule has 1 aromatic carbocycles. The SMILES string of the molecule is Cc1noc2nc(C3CC3)cc(C(=O)N[C@H](C)c3ccccc3Cl)c12. The van der Waals surface area contributed by atoms with Crippen LogP contribution in [0.15, 0.2) is 34.9 Å². The number of benzene rings is 1. The van der Waals surface area contributed by atoms with Gasteiger partial charge in [0.2, 0.25) is 0 Å². The second-order valence-electron chi connectivity index (χ2n) is 6.53. The molecule has 1 amide bonds. The molecule has 0 radical (unpaired) electrons. The number of carbonyl (C=O) groups excluding carboxylic acids is 1. The number of rotatable bonds is 4. The van der Waals surface area contributed by atoms with Crippen LogP contribution in [-0.2, 0) is 0 Å². The van der Waals surface area contributed by atoms with Crippen LogP contribution in [0.2, 0.25) is 5.02 Å². The zero-order valence-corrected chi connectivity index (χ0v) is 14.8. The number of nitrogens with one attached hydrogen (secondary N) is 1. The van der Waals surface area contributed by atoms with Crippen LogP contribution in [0, 0.1) is 6.92 Å². The van der Waals surface area contributed by atoms with E-state index in [4.69, 9.17) is 16.1 Å². The zero-order valence-electron chi connectivity index (χ0n) is 14.0. The van der Waals surface area contributed by atoms with Gasteiger partial charge in [0, 0.05) is 16.6 Å². The molecule has 1 aliphatic carbocycles. The number of fused-ring (bicyclic) bond motifs is 1. The molecule has 1 saturated carbocycles. The third-order valence-corrected chi connectivity index (χ3v) is 4.94. The fourth-order valence-corrected chi connectivity index (χ4v) is 3.36. The van der Waals surface area contributed by atoms with Gasteiger partial charge in [0.15, 0.2) is 0 Å². The standard InChI is InChI=1S/C19H18ClN3O2/c1-10(13-5-3-4-6-15(13)20)21-18(24)14-9-16(12-7-8-12)22-19-17(14)11(2)23-25-19/h3-6,9-10,12H,7-8H2,1-2H3,(H,21,24)/t10-/m1/s1. The molecule has 25 heavy (non-hydrogen) atoms. The van der Waals surface area contributed by atoms with Crippen LogP contribution < -0.4 is 5.32 Å². The van der Waals surface area contributed by atoms with E-state index in [1.54, 1.807) is 0 Å². The quantitative estimate of drug-likeness (QED) is 0.745. The first kappa shape index (κ1) is 16.1. The van der Waals surface area contributed by atoms with Gasteiger partial charge < -0.3 is 9.84 Å². The average Bonchev–Trinajstić information content (AvgIpc) is 3.38. The van der Waals surface area contributed by atoms with Gasteiger partial charge in [-0.2, -0.15) is 0 Å². The van der Waals surface area contributed by atoms with E-state index in [-0.39, 0.29) is 11.9 Å². The van der Waals surface area contributed by atoms with Crippen LogP contribution in [0.1, 0.15) is 59.0 Å². The van der Waals surface area contributed by atoms with Crippen molar-refractivity contribution in [2.75, 3.05) is 0 Å². The summed E-state index contributed by atoms with van der Waals surface area (Å²) in [4.78, 5) is 17.5. The monoisotopic (exact) mass is 355 g/mol. The molecule has 1 atom stereocenters. The third kappa shape index (κ3) is 3.00. The van der Waals surface area contributed by atoms with E-state index in [0.717, 1.165) is 24.1 Å². The Labute approximate surface area is 150 Å². The van der Waals surface area contributed by atoms with Crippen molar-refractivity contribution in [3.05, 3.63) is 57.9 Å². The molecule has 2 aromatic heterocycles. The van der Waals surface area contributed by atoms with Gasteiger partial charge in [0.1, 0.15) is 0 Å². The minimum Gasteiger partial charge on any atom is -0.345 e. The van der Waals surface area contributed by atoms with Crippen molar-refractivity contribution in [3.8, 4) is 0 Å². The summed E-state index contributed by atoms with van der Waals surface area (Å²) in [5.74, 6) is 0.246. The molecular formula is C19H18ClN3O2. The first-order valence-electron chi connectivity index (χ1n) is 8.37. The molecular weight excluding hydrogens is 338 g/mol. The van der Waals surface area contributed by atoms with E-state index < -0.39 is 0 Å². The fourth-order valence-electron chi connectivity index (χ4n) is 3.06. The van der Waals surface area contributed by atoms with Crippen LogP contribution in [0.25, 0.3) is 11.1 Å². The molecule has 1 aliphatic rings. The lowest BCUT2D eigenvalue weighted by molar-refractivity contribution is 0.0941. The van der Waals surface area contributed by atoms with E-state index in [0.29, 0.717) is 33.3 Å². The van der Waals surface area contributed by atoms with Crippen molar-refractivity contribution in [1.29, 1.82) is 0 Å². The molecule has 4 rings (SSSR count). The number of nitrogens with zero attached hydrogens (tertiary/aromatic N) is 2. The number of aromatic nitrogens is 2. The maximum absolute atomic E-state index is 12.9. The number of pyridine rings is 1. The van der Waals surface area contributed by atoms with Gasteiger partial charge in [0.05, 0.1) is 22.7 Å². The maximum atomic E-state index is 12.9. The molecule has 128 valence electrons. The second-order valence-corrected chi connectivity index (χ2v) is 6.94. The minimum absolute atomic E-state index is 0.173. The third-order valence-electron chi connectivity index (χ3n) is 4.60. The summed E-state index contributed by atoms with van der Waals surface area (Å²) in [6.45, 7) is 3.73. The Kier molecular flexibility index (Phi) is 3.96. The lowest BCUT2D eigenvalue weighted by Gasteiger charge is -2.16. The minimum atomic E-state index is -0.214. The van der Waals surface area contributed by atoms with Gasteiger partial charge in [-0.05, 0) is 44.4 Å². The number of carbonyl (C=O) groups is 1. The highest BCUT2D eigenvalue weighted by atomic mass is 35.5. The Bertz CT molecular complexity index is 962. The molecule has 0 bridgehead atoms. The fraction of sp³-hybridized carbons (Fsp3) is 0.316. The number of amides is 1. The molecule has 5 nitrogen and oxygen atoms in total. The molecule has 1 fully saturated rings. The topological polar surface area (TPSA) is 68.0 Å². The largest absolute Gasteiger partial charge is 0.345 e. The van der Waals surface area contributed by atoms with Crippen molar-refractivity contribution in [1.82, 2.24) is 15.5 Å². The number of halogens is 1. The van der Waals surface area contributed by atoms with E-state index in [1.165, 1.54) is 0 Å². The van der Waals surface area contributed by atoms with Gasteiger partial charge in [-0.3, -0.25) is 4.79 Å². The van der Waals surface area contributed by atoms with Crippen molar-refractivity contribution in [2.45, 2.75) is 38.6 Å². The lowest BCUT2D eigenvalue weighted by atomic mass is 10.1. The van der Waals surface area contributed by atoms with E-state index in [9.17, 15) is 4.79 Å². The number of hydrogen-bond acceptors (Lipinski definition) is 4. The smallest absolute Gasteiger partial charge is 0.259 e. The van der Waals surface area contributed by atoms with Crippen molar-refractivity contribution < 1.29 is 9.32 Å². The van der Waals surface area contributed by atoms with Crippen molar-refractivity contribution in [2.24, 2.45) is 0 Å². The van der Waals surface area contributed by atoms with Gasteiger partial charge in [-0.15, -0.1) is 0 Å². The summed E-state index contributed by atoms with van der Waals surface area (Å²) in [5, 5.41) is 8.31. The van der Waals surface area contributed by atoms with Crippen molar-refractivity contribution in [3.63, 3.8) is 0 Å². The Morgan fingerprint density at radius 1 is 1.36 bits per heavy atom. The first-order chi connectivity index (χ1) is 12.0. The molecule has 0 saturated heterocycles. The molecule has 1 N–H and O–H groups in total. The summed E-state index contributed by atoms with van der Waals surface area (Å²) in [6.07, 6.45) is 2.20. The normalized spacial score (nSPS) is 15.3. The number of aryl methyl sites for hydroxylation is 1. The highest BCUT2D eigenvalue weighted by Gasteiger charge is 2.29. The molecule has 2 heterocycles. The summed E-state index contributed by atoms with van der Waals surface area (Å²) >= 11 is 6.24. The number of hydrogen-bond donors (Lipinski definition) is 1. The van der Waals surface area contributed by atoms with Crippen LogP contribution in [0.3, 0.4) is 0 Å². The highest BCUT2D eigenvalue weighted by molar-refractivity contribution is 6.31. The molecule has 0 aliphatic heterocycles. The maximum Gasteiger partial charge on any atom is 0.259 e. The summed E-state index contributed by atoms with van der Waals surface area (Å²) in [6, 6.07) is 9.17. The van der Waals surface area contributed by atoms with Crippen molar-refractivity contribution >= 4 is 28.6 Å². The molecule has 0 unspecified atom stereocenters. The Balaban J connectivity index is 1.69. The first-order valence-corrected chi connectivity index (χ1v) is 8.74. The Morgan fingerprint density at radius 3 is 2.84 bits per heavy atom.